The van der Waals surface area contributed by atoms with E-state index < -0.39 is 23.9 Å². The molecule has 120 valence electrons. The van der Waals surface area contributed by atoms with E-state index in [1.165, 1.54) is 0 Å². The number of rotatable bonds is 6. The molecule has 8 nitrogen and oxygen atoms in total. The van der Waals surface area contributed by atoms with Crippen LogP contribution in [0.25, 0.3) is 0 Å². The summed E-state index contributed by atoms with van der Waals surface area (Å²) in [4.78, 5) is 33.6. The van der Waals surface area contributed by atoms with Gasteiger partial charge in [0, 0.05) is 19.1 Å². The van der Waals surface area contributed by atoms with Crippen LogP contribution in [0.5, 0.6) is 0 Å². The first-order valence-corrected chi connectivity index (χ1v) is 6.92. The predicted octanol–water partition coefficient (Wildman–Crippen LogP) is -0.0381. The Kier molecular flexibility index (Phi) is 5.95. The van der Waals surface area contributed by atoms with Gasteiger partial charge in [-0.15, -0.1) is 0 Å². The summed E-state index contributed by atoms with van der Waals surface area (Å²) in [7, 11) is 0. The van der Waals surface area contributed by atoms with Crippen molar-refractivity contribution in [3.05, 3.63) is 0 Å². The van der Waals surface area contributed by atoms with E-state index in [1.807, 2.05) is 13.8 Å². The molecule has 21 heavy (non-hydrogen) atoms. The van der Waals surface area contributed by atoms with Gasteiger partial charge in [0.15, 0.2) is 0 Å². The highest BCUT2D eigenvalue weighted by molar-refractivity contribution is 5.83. The van der Waals surface area contributed by atoms with Gasteiger partial charge in [0.1, 0.15) is 6.04 Å². The molecular formula is C13H23N3O5. The zero-order valence-corrected chi connectivity index (χ0v) is 12.3. The number of aliphatic carboxylic acids is 1. The zero-order chi connectivity index (χ0) is 16.0. The minimum atomic E-state index is -1.20. The number of carboxylic acids is 1. The molecule has 0 aromatic rings. The summed E-state index contributed by atoms with van der Waals surface area (Å²) in [6, 6.07) is -1.76. The van der Waals surface area contributed by atoms with Crippen molar-refractivity contribution >= 4 is 17.9 Å². The fraction of sp³-hybridized carbons (Fsp3) is 0.769. The van der Waals surface area contributed by atoms with Crippen molar-refractivity contribution in [2.45, 2.75) is 57.2 Å². The van der Waals surface area contributed by atoms with Crippen LogP contribution < -0.4 is 16.4 Å². The molecular weight excluding hydrogens is 278 g/mol. The molecule has 2 atom stereocenters. The highest BCUT2D eigenvalue weighted by Crippen LogP contribution is 2.23. The number of amides is 3. The third-order valence-corrected chi connectivity index (χ3v) is 3.32. The van der Waals surface area contributed by atoms with Gasteiger partial charge in [-0.25, -0.2) is 9.59 Å². The third-order valence-electron chi connectivity index (χ3n) is 3.32. The zero-order valence-electron chi connectivity index (χ0n) is 12.3. The number of hydrogen-bond acceptors (Lipinski definition) is 4. The van der Waals surface area contributed by atoms with Crippen LogP contribution in [0, 0.1) is 0 Å². The monoisotopic (exact) mass is 301 g/mol. The summed E-state index contributed by atoms with van der Waals surface area (Å²) in [5.41, 5.74) is 4.67. The maximum Gasteiger partial charge on any atom is 0.326 e. The van der Waals surface area contributed by atoms with Crippen LogP contribution in [0.2, 0.25) is 0 Å². The Morgan fingerprint density at radius 3 is 2.62 bits per heavy atom. The van der Waals surface area contributed by atoms with E-state index in [0.717, 1.165) is 0 Å². The predicted molar refractivity (Wildman–Crippen MR) is 74.6 cm³/mol. The molecule has 0 aromatic heterocycles. The Morgan fingerprint density at radius 1 is 1.43 bits per heavy atom. The lowest BCUT2D eigenvalue weighted by atomic mass is 9.94. The Labute approximate surface area is 123 Å². The standard InChI is InChI=1S/C13H23N3O5/c1-13(2)7-8(5-6-21-13)15-12(20)16-9(11(18)19)3-4-10(14)17/h8-9H,3-7H2,1-2H3,(H2,14,17)(H,18,19)(H2,15,16,20)/t8?,9-/m1/s1. The SMILES string of the molecule is CC1(C)CC(NC(=O)N[C@H](CCC(N)=O)C(=O)O)CCO1. The van der Waals surface area contributed by atoms with Gasteiger partial charge >= 0.3 is 12.0 Å². The quantitative estimate of drug-likeness (QED) is 0.547. The molecule has 1 aliphatic rings. The van der Waals surface area contributed by atoms with E-state index in [1.54, 1.807) is 0 Å². The number of nitrogens with one attached hydrogen (secondary N) is 2. The highest BCUT2D eigenvalue weighted by atomic mass is 16.5. The average molecular weight is 301 g/mol. The van der Waals surface area contributed by atoms with Crippen LogP contribution in [0.1, 0.15) is 39.5 Å². The number of carbonyl (C=O) groups excluding carboxylic acids is 2. The molecule has 8 heteroatoms. The number of hydrogen-bond donors (Lipinski definition) is 4. The van der Waals surface area contributed by atoms with E-state index in [-0.39, 0.29) is 24.5 Å². The molecule has 1 saturated heterocycles. The van der Waals surface area contributed by atoms with Crippen LogP contribution in [-0.2, 0) is 14.3 Å². The first-order valence-electron chi connectivity index (χ1n) is 6.92. The van der Waals surface area contributed by atoms with E-state index >= 15 is 0 Å². The normalized spacial score (nSPS) is 22.1. The number of nitrogens with two attached hydrogens (primary N) is 1. The first-order chi connectivity index (χ1) is 9.69. The maximum atomic E-state index is 11.8. The second-order valence-corrected chi connectivity index (χ2v) is 5.81. The van der Waals surface area contributed by atoms with Crippen LogP contribution >= 0.6 is 0 Å². The fourth-order valence-electron chi connectivity index (χ4n) is 2.28. The molecule has 1 heterocycles. The molecule has 3 amide bonds. The van der Waals surface area contributed by atoms with Gasteiger partial charge < -0.3 is 26.2 Å². The molecule has 0 bridgehead atoms. The van der Waals surface area contributed by atoms with E-state index in [4.69, 9.17) is 15.6 Å². The fourth-order valence-corrected chi connectivity index (χ4v) is 2.28. The van der Waals surface area contributed by atoms with Gasteiger partial charge in [-0.05, 0) is 33.1 Å². The van der Waals surface area contributed by atoms with Crippen molar-refractivity contribution in [1.29, 1.82) is 0 Å². The first kappa shape index (κ1) is 17.2. The Morgan fingerprint density at radius 2 is 2.10 bits per heavy atom. The molecule has 0 spiro atoms. The van der Waals surface area contributed by atoms with Crippen molar-refractivity contribution < 1.29 is 24.2 Å². The number of urea groups is 1. The third kappa shape index (κ3) is 6.44. The minimum absolute atomic E-state index is 0.0304. The van der Waals surface area contributed by atoms with E-state index in [0.29, 0.717) is 19.4 Å². The summed E-state index contributed by atoms with van der Waals surface area (Å²) in [5.74, 6) is -1.80. The molecule has 1 unspecified atom stereocenters. The van der Waals surface area contributed by atoms with Gasteiger partial charge in [0.05, 0.1) is 5.60 Å². The summed E-state index contributed by atoms with van der Waals surface area (Å²) in [6.45, 7) is 4.42. The number of carbonyl (C=O) groups is 3. The van der Waals surface area contributed by atoms with Crippen LogP contribution in [0.4, 0.5) is 4.79 Å². The van der Waals surface area contributed by atoms with Crippen LogP contribution in [0.15, 0.2) is 0 Å². The lowest BCUT2D eigenvalue weighted by Gasteiger charge is -2.35. The number of carboxylic acid groups (broad SMARTS) is 1. The van der Waals surface area contributed by atoms with E-state index in [2.05, 4.69) is 10.6 Å². The van der Waals surface area contributed by atoms with Crippen LogP contribution in [-0.4, -0.2) is 47.3 Å². The maximum absolute atomic E-state index is 11.8. The molecule has 0 saturated carbocycles. The lowest BCUT2D eigenvalue weighted by molar-refractivity contribution is -0.139. The van der Waals surface area contributed by atoms with Crippen LogP contribution in [0.3, 0.4) is 0 Å². The largest absolute Gasteiger partial charge is 0.480 e. The summed E-state index contributed by atoms with van der Waals surface area (Å²) in [6.07, 6.45) is 1.20. The summed E-state index contributed by atoms with van der Waals surface area (Å²) >= 11 is 0. The molecule has 0 radical (unpaired) electrons. The molecule has 1 rings (SSSR count). The molecule has 5 N–H and O–H groups in total. The van der Waals surface area contributed by atoms with E-state index in [9.17, 15) is 14.4 Å². The summed E-state index contributed by atoms with van der Waals surface area (Å²) < 4.78 is 5.54. The van der Waals surface area contributed by atoms with Gasteiger partial charge in [-0.2, -0.15) is 0 Å². The van der Waals surface area contributed by atoms with Crippen molar-refractivity contribution in [1.82, 2.24) is 10.6 Å². The Hall–Kier alpha value is -1.83. The van der Waals surface area contributed by atoms with Crippen molar-refractivity contribution in [3.8, 4) is 0 Å². The number of ether oxygens (including phenoxy) is 1. The smallest absolute Gasteiger partial charge is 0.326 e. The van der Waals surface area contributed by atoms with Crippen molar-refractivity contribution in [2.24, 2.45) is 5.73 Å². The lowest BCUT2D eigenvalue weighted by Crippen LogP contribution is -2.52. The Balaban J connectivity index is 2.46. The molecule has 0 aromatic carbocycles. The Bertz CT molecular complexity index is 411. The van der Waals surface area contributed by atoms with Gasteiger partial charge in [0.25, 0.3) is 0 Å². The number of primary amides is 1. The molecule has 0 aliphatic carbocycles. The van der Waals surface area contributed by atoms with Crippen molar-refractivity contribution in [2.75, 3.05) is 6.61 Å². The van der Waals surface area contributed by atoms with Gasteiger partial charge in [-0.3, -0.25) is 4.79 Å². The summed E-state index contributed by atoms with van der Waals surface area (Å²) in [5, 5.41) is 14.1. The topological polar surface area (TPSA) is 131 Å². The second kappa shape index (κ2) is 7.26. The molecule has 1 fully saturated rings. The minimum Gasteiger partial charge on any atom is -0.480 e. The molecule has 1 aliphatic heterocycles. The second-order valence-electron chi connectivity index (χ2n) is 5.81. The average Bonchev–Trinajstić information content (AvgIpc) is 2.32. The van der Waals surface area contributed by atoms with Gasteiger partial charge in [0.2, 0.25) is 5.91 Å². The van der Waals surface area contributed by atoms with Gasteiger partial charge in [-0.1, -0.05) is 0 Å². The van der Waals surface area contributed by atoms with Crippen molar-refractivity contribution in [3.63, 3.8) is 0 Å². The highest BCUT2D eigenvalue weighted by Gasteiger charge is 2.30.